The van der Waals surface area contributed by atoms with E-state index in [1.165, 1.54) is 24.3 Å². The molecule has 2 aromatic rings. The molecule has 0 saturated heterocycles. The highest BCUT2D eigenvalue weighted by Gasteiger charge is 2.31. The van der Waals surface area contributed by atoms with E-state index in [9.17, 15) is 18.8 Å². The van der Waals surface area contributed by atoms with Gasteiger partial charge in [-0.05, 0) is 44.0 Å². The second-order valence-corrected chi connectivity index (χ2v) is 5.62. The molecule has 7 nitrogen and oxygen atoms in total. The highest BCUT2D eigenvalue weighted by atomic mass is 19.1. The molecule has 8 heteroatoms. The lowest BCUT2D eigenvalue weighted by Gasteiger charge is -2.12. The van der Waals surface area contributed by atoms with Gasteiger partial charge in [-0.25, -0.2) is 9.18 Å². The van der Waals surface area contributed by atoms with Crippen LogP contribution in [0.4, 0.5) is 10.1 Å². The minimum atomic E-state index is -0.760. The van der Waals surface area contributed by atoms with Crippen molar-refractivity contribution in [2.45, 2.75) is 19.8 Å². The molecule has 0 atom stereocenters. The molecule has 1 N–H and O–H groups in total. The first kappa shape index (κ1) is 16.8. The number of nitrogens with one attached hydrogen (secondary N) is 1. The fraction of sp³-hybridized carbons (Fsp3) is 0.294. The number of halogens is 1. The van der Waals surface area contributed by atoms with Gasteiger partial charge in [0.15, 0.2) is 5.69 Å². The molecule has 130 valence electrons. The van der Waals surface area contributed by atoms with Crippen molar-refractivity contribution in [2.75, 3.05) is 11.9 Å². The monoisotopic (exact) mass is 345 g/mol. The number of nitrogens with zero attached hydrogens (tertiary/aromatic N) is 2. The maximum absolute atomic E-state index is 13.1. The van der Waals surface area contributed by atoms with E-state index in [2.05, 4.69) is 10.4 Å². The van der Waals surface area contributed by atoms with Gasteiger partial charge < -0.3 is 10.1 Å². The van der Waals surface area contributed by atoms with Gasteiger partial charge in [-0.2, -0.15) is 9.78 Å². The van der Waals surface area contributed by atoms with Gasteiger partial charge in [0.05, 0.1) is 18.0 Å². The average Bonchev–Trinajstić information content (AvgIpc) is 3.41. The minimum absolute atomic E-state index is 0.0127. The maximum atomic E-state index is 13.1. The molecule has 0 radical (unpaired) electrons. The standard InChI is InChI=1S/C17H16FN3O4/c1-2-25-17(24)15-13(19-16(23)10-3-4-10)9-14(22)21(20-15)12-7-5-11(18)6-8-12/h5-10H,2-4H2,1H3,(H,19,23). The molecule has 1 fully saturated rings. The number of rotatable bonds is 5. The van der Waals surface area contributed by atoms with E-state index in [1.807, 2.05) is 0 Å². The summed E-state index contributed by atoms with van der Waals surface area (Å²) in [7, 11) is 0. The van der Waals surface area contributed by atoms with E-state index in [0.717, 1.165) is 23.6 Å². The normalized spacial score (nSPS) is 13.4. The lowest BCUT2D eigenvalue weighted by molar-refractivity contribution is -0.117. The van der Waals surface area contributed by atoms with Crippen molar-refractivity contribution in [3.8, 4) is 5.69 Å². The molecule has 3 rings (SSSR count). The molecule has 1 amide bonds. The van der Waals surface area contributed by atoms with Crippen molar-refractivity contribution in [1.82, 2.24) is 9.78 Å². The Morgan fingerprint density at radius 1 is 1.32 bits per heavy atom. The minimum Gasteiger partial charge on any atom is -0.461 e. The molecule has 0 aliphatic heterocycles. The molecule has 1 heterocycles. The van der Waals surface area contributed by atoms with Crippen LogP contribution in [0.5, 0.6) is 0 Å². The highest BCUT2D eigenvalue weighted by molar-refractivity contribution is 6.01. The summed E-state index contributed by atoms with van der Waals surface area (Å²) in [6, 6.07) is 6.19. The zero-order chi connectivity index (χ0) is 18.0. The lowest BCUT2D eigenvalue weighted by atomic mass is 10.2. The van der Waals surface area contributed by atoms with Crippen molar-refractivity contribution in [1.29, 1.82) is 0 Å². The topological polar surface area (TPSA) is 90.3 Å². The molecular weight excluding hydrogens is 329 g/mol. The fourth-order valence-electron chi connectivity index (χ4n) is 2.25. The lowest BCUT2D eigenvalue weighted by Crippen LogP contribution is -2.27. The number of hydrogen-bond acceptors (Lipinski definition) is 5. The van der Waals surface area contributed by atoms with Gasteiger partial charge in [-0.15, -0.1) is 0 Å². The Morgan fingerprint density at radius 3 is 2.60 bits per heavy atom. The zero-order valence-corrected chi connectivity index (χ0v) is 13.5. The van der Waals surface area contributed by atoms with Crippen LogP contribution in [0.15, 0.2) is 35.1 Å². The second-order valence-electron chi connectivity index (χ2n) is 5.62. The van der Waals surface area contributed by atoms with Crippen molar-refractivity contribution in [3.63, 3.8) is 0 Å². The summed E-state index contributed by atoms with van der Waals surface area (Å²) < 4.78 is 19.0. The predicted molar refractivity (Wildman–Crippen MR) is 87.1 cm³/mol. The number of ether oxygens (including phenoxy) is 1. The van der Waals surface area contributed by atoms with E-state index in [0.29, 0.717) is 0 Å². The third kappa shape index (κ3) is 3.73. The van der Waals surface area contributed by atoms with E-state index in [1.54, 1.807) is 6.92 Å². The van der Waals surface area contributed by atoms with E-state index >= 15 is 0 Å². The van der Waals surface area contributed by atoms with Crippen LogP contribution < -0.4 is 10.9 Å². The number of carbonyl (C=O) groups is 2. The van der Waals surface area contributed by atoms with Crippen molar-refractivity contribution < 1.29 is 18.7 Å². The molecule has 1 aromatic heterocycles. The molecule has 25 heavy (non-hydrogen) atoms. The first-order valence-corrected chi connectivity index (χ1v) is 7.88. The van der Waals surface area contributed by atoms with Gasteiger partial charge in [-0.3, -0.25) is 9.59 Å². The Hall–Kier alpha value is -3.03. The zero-order valence-electron chi connectivity index (χ0n) is 13.5. The van der Waals surface area contributed by atoms with Crippen molar-refractivity contribution in [3.05, 3.63) is 52.2 Å². The number of anilines is 1. The summed E-state index contributed by atoms with van der Waals surface area (Å²) in [5, 5.41) is 6.58. The maximum Gasteiger partial charge on any atom is 0.360 e. The number of amides is 1. The predicted octanol–water partition coefficient (Wildman–Crippen LogP) is 1.90. The first-order valence-electron chi connectivity index (χ1n) is 7.88. The van der Waals surface area contributed by atoms with Crippen LogP contribution >= 0.6 is 0 Å². The number of aromatic nitrogens is 2. The molecule has 1 aliphatic carbocycles. The summed E-state index contributed by atoms with van der Waals surface area (Å²) >= 11 is 0. The quantitative estimate of drug-likeness (QED) is 0.836. The van der Waals surface area contributed by atoms with Crippen LogP contribution in [0.1, 0.15) is 30.3 Å². The van der Waals surface area contributed by atoms with E-state index in [4.69, 9.17) is 4.74 Å². The Bertz CT molecular complexity index is 872. The summed E-state index contributed by atoms with van der Waals surface area (Å²) in [6.45, 7) is 1.75. The first-order chi connectivity index (χ1) is 12.0. The Morgan fingerprint density at radius 2 is 2.00 bits per heavy atom. The Balaban J connectivity index is 2.04. The molecule has 1 aliphatic rings. The number of benzene rings is 1. The van der Waals surface area contributed by atoms with Crippen LogP contribution in [0, 0.1) is 11.7 Å². The molecule has 0 bridgehead atoms. The van der Waals surface area contributed by atoms with Gasteiger partial charge >= 0.3 is 5.97 Å². The van der Waals surface area contributed by atoms with Gasteiger partial charge in [0.25, 0.3) is 5.56 Å². The van der Waals surface area contributed by atoms with Crippen LogP contribution in [0.2, 0.25) is 0 Å². The smallest absolute Gasteiger partial charge is 0.360 e. The molecule has 0 spiro atoms. The largest absolute Gasteiger partial charge is 0.461 e. The molecule has 0 unspecified atom stereocenters. The van der Waals surface area contributed by atoms with Crippen LogP contribution in [0.3, 0.4) is 0 Å². The molecular formula is C17H16FN3O4. The molecule has 1 saturated carbocycles. The van der Waals surface area contributed by atoms with Gasteiger partial charge in [-0.1, -0.05) is 0 Å². The second kappa shape index (κ2) is 6.84. The van der Waals surface area contributed by atoms with E-state index in [-0.39, 0.29) is 35.5 Å². The SMILES string of the molecule is CCOC(=O)c1nn(-c2ccc(F)cc2)c(=O)cc1NC(=O)C1CC1. The third-order valence-electron chi connectivity index (χ3n) is 3.68. The van der Waals surface area contributed by atoms with Crippen LogP contribution in [-0.2, 0) is 9.53 Å². The van der Waals surface area contributed by atoms with E-state index < -0.39 is 17.3 Å². The fourth-order valence-corrected chi connectivity index (χ4v) is 2.25. The highest BCUT2D eigenvalue weighted by Crippen LogP contribution is 2.30. The van der Waals surface area contributed by atoms with Gasteiger partial charge in [0.2, 0.25) is 5.91 Å². The van der Waals surface area contributed by atoms with Gasteiger partial charge in [0, 0.05) is 12.0 Å². The number of hydrogen-bond donors (Lipinski definition) is 1. The van der Waals surface area contributed by atoms with Crippen LogP contribution in [-0.4, -0.2) is 28.3 Å². The van der Waals surface area contributed by atoms with Crippen molar-refractivity contribution in [2.24, 2.45) is 5.92 Å². The Kier molecular flexibility index (Phi) is 4.60. The number of esters is 1. The summed E-state index contributed by atoms with van der Waals surface area (Å²) in [6.07, 6.45) is 1.56. The van der Waals surface area contributed by atoms with Crippen molar-refractivity contribution >= 4 is 17.6 Å². The third-order valence-corrected chi connectivity index (χ3v) is 3.68. The summed E-state index contributed by atoms with van der Waals surface area (Å²) in [5.41, 5.74) is -0.443. The summed E-state index contributed by atoms with van der Waals surface area (Å²) in [5.74, 6) is -1.58. The molecule has 1 aromatic carbocycles. The average molecular weight is 345 g/mol. The summed E-state index contributed by atoms with van der Waals surface area (Å²) in [4.78, 5) is 36.5. The van der Waals surface area contributed by atoms with Gasteiger partial charge in [0.1, 0.15) is 5.82 Å². The number of carbonyl (C=O) groups excluding carboxylic acids is 2. The Labute approximate surface area is 142 Å². The van der Waals surface area contributed by atoms with Crippen LogP contribution in [0.25, 0.3) is 5.69 Å².